The highest BCUT2D eigenvalue weighted by atomic mass is 32.2. The SMILES string of the molecule is Cc1ccn(CCCNc2cccc(S(=O)(=O)NC(=O)c3cccnc3N3CCC(C)C3(C)C)n2)n1. The molecule has 3 aromatic rings. The molecule has 0 bridgehead atoms. The van der Waals surface area contributed by atoms with Crippen LogP contribution in [0.5, 0.6) is 0 Å². The van der Waals surface area contributed by atoms with Crippen molar-refractivity contribution in [3.8, 4) is 0 Å². The zero-order valence-corrected chi connectivity index (χ0v) is 21.9. The second-order valence-corrected chi connectivity index (χ2v) is 11.3. The van der Waals surface area contributed by atoms with E-state index in [9.17, 15) is 13.2 Å². The van der Waals surface area contributed by atoms with Gasteiger partial charge in [-0.3, -0.25) is 9.48 Å². The van der Waals surface area contributed by atoms with E-state index in [0.717, 1.165) is 31.6 Å². The van der Waals surface area contributed by atoms with Gasteiger partial charge in [0.15, 0.2) is 5.03 Å². The molecule has 0 saturated carbocycles. The van der Waals surface area contributed by atoms with Crippen molar-refractivity contribution >= 4 is 27.6 Å². The van der Waals surface area contributed by atoms with Crippen LogP contribution in [-0.4, -0.2) is 52.7 Å². The van der Waals surface area contributed by atoms with Gasteiger partial charge in [-0.2, -0.15) is 13.5 Å². The van der Waals surface area contributed by atoms with E-state index in [1.165, 1.54) is 6.07 Å². The van der Waals surface area contributed by atoms with E-state index in [4.69, 9.17) is 0 Å². The molecular formula is C25H33N7O3S. The molecule has 2 N–H and O–H groups in total. The molecule has 0 spiro atoms. The summed E-state index contributed by atoms with van der Waals surface area (Å²) < 4.78 is 30.1. The fraction of sp³-hybridized carbons (Fsp3) is 0.440. The van der Waals surface area contributed by atoms with Crippen molar-refractivity contribution in [2.24, 2.45) is 5.92 Å². The zero-order chi connectivity index (χ0) is 25.9. The summed E-state index contributed by atoms with van der Waals surface area (Å²) in [6.45, 7) is 10.4. The van der Waals surface area contributed by atoms with Crippen LogP contribution in [0.15, 0.2) is 53.8 Å². The van der Waals surface area contributed by atoms with Gasteiger partial charge in [-0.15, -0.1) is 0 Å². The van der Waals surface area contributed by atoms with Crippen LogP contribution in [0.3, 0.4) is 0 Å². The Morgan fingerprint density at radius 3 is 2.69 bits per heavy atom. The maximum atomic E-state index is 13.1. The Balaban J connectivity index is 1.44. The molecule has 1 saturated heterocycles. The number of nitrogens with zero attached hydrogens (tertiary/aromatic N) is 5. The second-order valence-electron chi connectivity index (χ2n) is 9.67. The van der Waals surface area contributed by atoms with E-state index >= 15 is 0 Å². The number of amides is 1. The third-order valence-corrected chi connectivity index (χ3v) is 8.08. The number of anilines is 2. The van der Waals surface area contributed by atoms with Gasteiger partial charge >= 0.3 is 0 Å². The molecule has 3 aromatic heterocycles. The van der Waals surface area contributed by atoms with Crippen LogP contribution in [0.4, 0.5) is 11.6 Å². The average Bonchev–Trinajstić information content (AvgIpc) is 3.38. The molecule has 11 heteroatoms. The van der Waals surface area contributed by atoms with Crippen molar-refractivity contribution in [3.05, 3.63) is 60.0 Å². The van der Waals surface area contributed by atoms with Crippen molar-refractivity contribution in [2.45, 2.75) is 57.6 Å². The maximum absolute atomic E-state index is 13.1. The largest absolute Gasteiger partial charge is 0.370 e. The molecule has 36 heavy (non-hydrogen) atoms. The average molecular weight is 512 g/mol. The zero-order valence-electron chi connectivity index (χ0n) is 21.1. The van der Waals surface area contributed by atoms with Crippen LogP contribution in [0.2, 0.25) is 0 Å². The molecule has 0 aromatic carbocycles. The summed E-state index contributed by atoms with van der Waals surface area (Å²) in [7, 11) is -4.19. The molecule has 1 aliphatic rings. The topological polar surface area (TPSA) is 122 Å². The predicted molar refractivity (Wildman–Crippen MR) is 138 cm³/mol. The number of aryl methyl sites for hydroxylation is 2. The molecule has 1 amide bonds. The van der Waals surface area contributed by atoms with Crippen molar-refractivity contribution in [1.29, 1.82) is 0 Å². The fourth-order valence-corrected chi connectivity index (χ4v) is 5.27. The molecule has 1 atom stereocenters. The van der Waals surface area contributed by atoms with Gasteiger partial charge in [0.05, 0.1) is 11.3 Å². The Bertz CT molecular complexity index is 1340. The summed E-state index contributed by atoms with van der Waals surface area (Å²) in [5, 5.41) is 7.24. The summed E-state index contributed by atoms with van der Waals surface area (Å²) >= 11 is 0. The van der Waals surface area contributed by atoms with E-state index < -0.39 is 15.9 Å². The lowest BCUT2D eigenvalue weighted by Crippen LogP contribution is -2.43. The summed E-state index contributed by atoms with van der Waals surface area (Å²) in [6, 6.07) is 9.81. The minimum absolute atomic E-state index is 0.208. The number of hydrogen-bond donors (Lipinski definition) is 2. The van der Waals surface area contributed by atoms with Gasteiger partial charge in [-0.1, -0.05) is 13.0 Å². The number of nitrogens with one attached hydrogen (secondary N) is 2. The standard InChI is InChI=1S/C25H33N7O3S/c1-18-11-17-32(25(18,3)4)23-20(8-6-13-27-23)24(33)30-36(34,35)22-10-5-9-21(28-22)26-14-7-15-31-16-12-19(2)29-31/h5-6,8-10,12-13,16,18H,7,11,14-15,17H2,1-4H3,(H,26,28)(H,30,33). The van der Waals surface area contributed by atoms with E-state index in [1.807, 2.05) is 23.9 Å². The highest BCUT2D eigenvalue weighted by Crippen LogP contribution is 2.38. The number of carbonyl (C=O) groups excluding carboxylic acids is 1. The van der Waals surface area contributed by atoms with Crippen LogP contribution in [0.1, 0.15) is 49.7 Å². The van der Waals surface area contributed by atoms with Crippen molar-refractivity contribution in [2.75, 3.05) is 23.3 Å². The first-order chi connectivity index (χ1) is 17.1. The van der Waals surface area contributed by atoms with E-state index in [0.29, 0.717) is 24.1 Å². The minimum Gasteiger partial charge on any atom is -0.370 e. The Labute approximate surface area is 212 Å². The van der Waals surface area contributed by atoms with E-state index in [-0.39, 0.29) is 16.1 Å². The van der Waals surface area contributed by atoms with Crippen LogP contribution < -0.4 is 14.9 Å². The molecule has 0 radical (unpaired) electrons. The quantitative estimate of drug-likeness (QED) is 0.420. The van der Waals surface area contributed by atoms with Crippen LogP contribution >= 0.6 is 0 Å². The Morgan fingerprint density at radius 2 is 2.00 bits per heavy atom. The lowest BCUT2D eigenvalue weighted by atomic mass is 9.90. The van der Waals surface area contributed by atoms with Gasteiger partial charge < -0.3 is 10.2 Å². The highest BCUT2D eigenvalue weighted by Gasteiger charge is 2.40. The maximum Gasteiger partial charge on any atom is 0.281 e. The first-order valence-corrected chi connectivity index (χ1v) is 13.6. The van der Waals surface area contributed by atoms with Crippen LogP contribution in [-0.2, 0) is 16.6 Å². The predicted octanol–water partition coefficient (Wildman–Crippen LogP) is 3.23. The minimum atomic E-state index is -4.19. The molecule has 10 nitrogen and oxygen atoms in total. The number of aromatic nitrogens is 4. The molecule has 1 fully saturated rings. The lowest BCUT2D eigenvalue weighted by molar-refractivity contribution is 0.0981. The molecule has 192 valence electrons. The van der Waals surface area contributed by atoms with E-state index in [1.54, 1.807) is 30.5 Å². The Morgan fingerprint density at radius 1 is 1.19 bits per heavy atom. The van der Waals surface area contributed by atoms with Crippen molar-refractivity contribution in [1.82, 2.24) is 24.5 Å². The first-order valence-electron chi connectivity index (χ1n) is 12.1. The van der Waals surface area contributed by atoms with Crippen LogP contribution in [0.25, 0.3) is 0 Å². The van der Waals surface area contributed by atoms with Gasteiger partial charge in [-0.05, 0) is 69.9 Å². The third kappa shape index (κ3) is 5.51. The van der Waals surface area contributed by atoms with Gasteiger partial charge in [-0.25, -0.2) is 14.7 Å². The number of pyridine rings is 2. The van der Waals surface area contributed by atoms with Crippen molar-refractivity contribution < 1.29 is 13.2 Å². The van der Waals surface area contributed by atoms with Crippen LogP contribution in [0, 0.1) is 12.8 Å². The van der Waals surface area contributed by atoms with Gasteiger partial charge in [0.1, 0.15) is 11.6 Å². The fourth-order valence-electron chi connectivity index (χ4n) is 4.34. The van der Waals surface area contributed by atoms with Crippen molar-refractivity contribution in [3.63, 3.8) is 0 Å². The van der Waals surface area contributed by atoms with Gasteiger partial charge in [0, 0.05) is 37.6 Å². The van der Waals surface area contributed by atoms with E-state index in [2.05, 4.69) is 50.8 Å². The number of rotatable bonds is 9. The summed E-state index contributed by atoms with van der Waals surface area (Å²) in [5.41, 5.74) is 0.966. The summed E-state index contributed by atoms with van der Waals surface area (Å²) in [4.78, 5) is 23.8. The normalized spacial score (nSPS) is 17.2. The summed E-state index contributed by atoms with van der Waals surface area (Å²) in [6.07, 6.45) is 5.28. The Hall–Kier alpha value is -3.47. The molecule has 1 unspecified atom stereocenters. The van der Waals surface area contributed by atoms with Gasteiger partial charge in [0.25, 0.3) is 15.9 Å². The molecule has 4 heterocycles. The molecular weight excluding hydrogens is 478 g/mol. The van der Waals surface area contributed by atoms with Gasteiger partial charge in [0.2, 0.25) is 0 Å². The second kappa shape index (κ2) is 10.3. The molecule has 1 aliphatic heterocycles. The number of sulfonamides is 1. The molecule has 0 aliphatic carbocycles. The third-order valence-electron chi connectivity index (χ3n) is 6.84. The number of hydrogen-bond acceptors (Lipinski definition) is 8. The number of carbonyl (C=O) groups is 1. The lowest BCUT2D eigenvalue weighted by Gasteiger charge is -2.36. The first kappa shape index (κ1) is 25.6. The highest BCUT2D eigenvalue weighted by molar-refractivity contribution is 7.90. The summed E-state index contributed by atoms with van der Waals surface area (Å²) in [5.74, 6) is 0.567. The smallest absolute Gasteiger partial charge is 0.281 e. The monoisotopic (exact) mass is 511 g/mol. The Kier molecular flexibility index (Phi) is 7.30. The molecule has 4 rings (SSSR count).